The highest BCUT2D eigenvalue weighted by Crippen LogP contribution is 2.32. The van der Waals surface area contributed by atoms with Gasteiger partial charge in [0.15, 0.2) is 6.61 Å². The van der Waals surface area contributed by atoms with E-state index in [-0.39, 0.29) is 30.9 Å². The van der Waals surface area contributed by atoms with E-state index in [0.29, 0.717) is 12.3 Å². The summed E-state index contributed by atoms with van der Waals surface area (Å²) in [6, 6.07) is 15.7. The number of carbonyl (C=O) groups is 2. The van der Waals surface area contributed by atoms with Gasteiger partial charge in [0.25, 0.3) is 5.91 Å². The average Bonchev–Trinajstić information content (AvgIpc) is 3.04. The topological polar surface area (TPSA) is 58.6 Å². The first-order valence-corrected chi connectivity index (χ1v) is 8.62. The number of ether oxygens (including phenoxy) is 1. The minimum Gasteiger partial charge on any atom is -0.482 e. The molecular formula is C20H20N2O3. The molecule has 2 aromatic rings. The Bertz CT molecular complexity index is 818. The minimum absolute atomic E-state index is 0.0225. The molecule has 1 atom stereocenters. The van der Waals surface area contributed by atoms with Gasteiger partial charge < -0.3 is 15.0 Å². The van der Waals surface area contributed by atoms with Crippen LogP contribution >= 0.6 is 0 Å². The fraction of sp³-hybridized carbons (Fsp3) is 0.300. The Morgan fingerprint density at radius 2 is 1.96 bits per heavy atom. The molecule has 128 valence electrons. The van der Waals surface area contributed by atoms with Crippen LogP contribution in [0.1, 0.15) is 30.0 Å². The van der Waals surface area contributed by atoms with Crippen LogP contribution in [0.3, 0.4) is 0 Å². The molecule has 1 aliphatic carbocycles. The van der Waals surface area contributed by atoms with Gasteiger partial charge in [-0.05, 0) is 36.1 Å². The zero-order chi connectivity index (χ0) is 17.2. The number of hydrogen-bond donors (Lipinski definition) is 1. The molecule has 2 aliphatic rings. The van der Waals surface area contributed by atoms with Crippen LogP contribution in [0.25, 0.3) is 0 Å². The van der Waals surface area contributed by atoms with Crippen molar-refractivity contribution < 1.29 is 14.3 Å². The first-order valence-electron chi connectivity index (χ1n) is 8.62. The molecule has 0 bridgehead atoms. The normalized spacial score (nSPS) is 18.3. The van der Waals surface area contributed by atoms with Gasteiger partial charge in [0.1, 0.15) is 5.75 Å². The Hall–Kier alpha value is -2.82. The Morgan fingerprint density at radius 1 is 1.16 bits per heavy atom. The molecule has 0 aromatic heterocycles. The van der Waals surface area contributed by atoms with E-state index in [1.807, 2.05) is 36.4 Å². The maximum absolute atomic E-state index is 12.4. The summed E-state index contributed by atoms with van der Waals surface area (Å²) in [7, 11) is 0. The summed E-state index contributed by atoms with van der Waals surface area (Å²) in [5.74, 6) is 0.545. The molecule has 25 heavy (non-hydrogen) atoms. The number of rotatable bonds is 4. The van der Waals surface area contributed by atoms with Crippen LogP contribution in [0.15, 0.2) is 48.5 Å². The lowest BCUT2D eigenvalue weighted by Gasteiger charge is -2.29. The second kappa shape index (κ2) is 6.59. The van der Waals surface area contributed by atoms with E-state index in [0.717, 1.165) is 18.5 Å². The Morgan fingerprint density at radius 3 is 2.88 bits per heavy atom. The predicted molar refractivity (Wildman–Crippen MR) is 94.6 cm³/mol. The second-order valence-corrected chi connectivity index (χ2v) is 6.41. The SMILES string of the molecule is O=C(CCN1C(=O)COc2ccccc21)N[C@H]1CCc2ccccc21. The highest BCUT2D eigenvalue weighted by Gasteiger charge is 2.27. The fourth-order valence-corrected chi connectivity index (χ4v) is 3.59. The zero-order valence-electron chi connectivity index (χ0n) is 13.9. The van der Waals surface area contributed by atoms with E-state index < -0.39 is 0 Å². The average molecular weight is 336 g/mol. The maximum atomic E-state index is 12.4. The molecule has 0 saturated heterocycles. The van der Waals surface area contributed by atoms with Crippen molar-refractivity contribution in [2.45, 2.75) is 25.3 Å². The quantitative estimate of drug-likeness (QED) is 0.934. The third-order valence-corrected chi connectivity index (χ3v) is 4.84. The molecule has 5 nitrogen and oxygen atoms in total. The van der Waals surface area contributed by atoms with Gasteiger partial charge in [-0.25, -0.2) is 0 Å². The number of aryl methyl sites for hydroxylation is 1. The van der Waals surface area contributed by atoms with E-state index in [1.165, 1.54) is 11.1 Å². The van der Waals surface area contributed by atoms with Crippen molar-refractivity contribution in [3.8, 4) is 5.75 Å². The van der Waals surface area contributed by atoms with Crippen molar-refractivity contribution in [1.29, 1.82) is 0 Å². The lowest BCUT2D eigenvalue weighted by atomic mass is 10.1. The van der Waals surface area contributed by atoms with Crippen molar-refractivity contribution in [2.75, 3.05) is 18.1 Å². The molecule has 0 radical (unpaired) electrons. The second-order valence-electron chi connectivity index (χ2n) is 6.41. The third kappa shape index (κ3) is 3.09. The van der Waals surface area contributed by atoms with Crippen LogP contribution in [0.5, 0.6) is 5.75 Å². The number of benzene rings is 2. The lowest BCUT2D eigenvalue weighted by Crippen LogP contribution is -2.41. The van der Waals surface area contributed by atoms with Gasteiger partial charge in [-0.2, -0.15) is 0 Å². The van der Waals surface area contributed by atoms with Crippen molar-refractivity contribution in [1.82, 2.24) is 5.32 Å². The fourth-order valence-electron chi connectivity index (χ4n) is 3.59. The molecular weight excluding hydrogens is 316 g/mol. The molecule has 1 aliphatic heterocycles. The monoisotopic (exact) mass is 336 g/mol. The Balaban J connectivity index is 1.39. The van der Waals surface area contributed by atoms with Crippen LogP contribution < -0.4 is 15.0 Å². The van der Waals surface area contributed by atoms with Crippen molar-refractivity contribution in [3.63, 3.8) is 0 Å². The van der Waals surface area contributed by atoms with Gasteiger partial charge >= 0.3 is 0 Å². The highest BCUT2D eigenvalue weighted by molar-refractivity contribution is 5.98. The van der Waals surface area contributed by atoms with E-state index in [4.69, 9.17) is 4.74 Å². The molecule has 0 saturated carbocycles. The summed E-state index contributed by atoms with van der Waals surface area (Å²) in [6.45, 7) is 0.383. The smallest absolute Gasteiger partial charge is 0.265 e. The van der Waals surface area contributed by atoms with Gasteiger partial charge in [-0.1, -0.05) is 36.4 Å². The van der Waals surface area contributed by atoms with Crippen molar-refractivity contribution in [3.05, 3.63) is 59.7 Å². The van der Waals surface area contributed by atoms with E-state index in [2.05, 4.69) is 17.4 Å². The largest absolute Gasteiger partial charge is 0.482 e. The highest BCUT2D eigenvalue weighted by atomic mass is 16.5. The van der Waals surface area contributed by atoms with Crippen LogP contribution in [0, 0.1) is 0 Å². The summed E-state index contributed by atoms with van der Waals surface area (Å²) in [5, 5.41) is 3.11. The zero-order valence-corrected chi connectivity index (χ0v) is 13.9. The third-order valence-electron chi connectivity index (χ3n) is 4.84. The molecule has 2 amide bonds. The standard InChI is InChI=1S/C20H20N2O3/c23-19(21-16-10-9-14-5-1-2-6-15(14)16)11-12-22-17-7-3-4-8-18(17)25-13-20(22)24/h1-8,16H,9-13H2,(H,21,23)/t16-/m0/s1. The molecule has 5 heteroatoms. The molecule has 0 fully saturated rings. The first kappa shape index (κ1) is 15.7. The van der Waals surface area contributed by atoms with E-state index in [9.17, 15) is 9.59 Å². The minimum atomic E-state index is -0.113. The summed E-state index contributed by atoms with van der Waals surface area (Å²) >= 11 is 0. The molecule has 1 heterocycles. The first-order chi connectivity index (χ1) is 12.2. The number of hydrogen-bond acceptors (Lipinski definition) is 3. The lowest BCUT2D eigenvalue weighted by molar-refractivity contribution is -0.122. The molecule has 4 rings (SSSR count). The predicted octanol–water partition coefficient (Wildman–Crippen LogP) is 2.61. The van der Waals surface area contributed by atoms with Gasteiger partial charge in [-0.3, -0.25) is 9.59 Å². The van der Waals surface area contributed by atoms with Gasteiger partial charge in [0, 0.05) is 13.0 Å². The molecule has 0 spiro atoms. The number of fused-ring (bicyclic) bond motifs is 2. The number of carbonyl (C=O) groups excluding carboxylic acids is 2. The molecule has 2 aromatic carbocycles. The van der Waals surface area contributed by atoms with E-state index in [1.54, 1.807) is 4.90 Å². The van der Waals surface area contributed by atoms with Crippen LogP contribution in [0.2, 0.25) is 0 Å². The number of para-hydroxylation sites is 2. The number of amides is 2. The van der Waals surface area contributed by atoms with Gasteiger partial charge in [-0.15, -0.1) is 0 Å². The van der Waals surface area contributed by atoms with Gasteiger partial charge in [0.2, 0.25) is 5.91 Å². The Kier molecular flexibility index (Phi) is 4.14. The Labute approximate surface area is 146 Å². The van der Waals surface area contributed by atoms with Crippen LogP contribution in [0.4, 0.5) is 5.69 Å². The summed E-state index contributed by atoms with van der Waals surface area (Å²) < 4.78 is 5.43. The van der Waals surface area contributed by atoms with Crippen LogP contribution in [-0.2, 0) is 16.0 Å². The van der Waals surface area contributed by atoms with E-state index >= 15 is 0 Å². The number of nitrogens with zero attached hydrogens (tertiary/aromatic N) is 1. The number of nitrogens with one attached hydrogen (secondary N) is 1. The summed E-state index contributed by atoms with van der Waals surface area (Å²) in [5.41, 5.74) is 3.26. The molecule has 0 unspecified atom stereocenters. The van der Waals surface area contributed by atoms with Crippen molar-refractivity contribution in [2.24, 2.45) is 0 Å². The van der Waals surface area contributed by atoms with Crippen molar-refractivity contribution >= 4 is 17.5 Å². The van der Waals surface area contributed by atoms with Gasteiger partial charge in [0.05, 0.1) is 11.7 Å². The van der Waals surface area contributed by atoms with Crippen LogP contribution in [-0.4, -0.2) is 25.0 Å². The molecule has 1 N–H and O–H groups in total. The number of anilines is 1. The summed E-state index contributed by atoms with van der Waals surface area (Å²) in [4.78, 5) is 26.2. The maximum Gasteiger partial charge on any atom is 0.265 e. The summed E-state index contributed by atoms with van der Waals surface area (Å²) in [6.07, 6.45) is 2.21.